The Bertz CT molecular complexity index is 1710. The lowest BCUT2D eigenvalue weighted by molar-refractivity contribution is 0.0697. The molecule has 7 heteroatoms. The monoisotopic (exact) mass is 577 g/mol. The maximum atomic E-state index is 13.3. The van der Waals surface area contributed by atoms with Crippen molar-refractivity contribution in [1.29, 1.82) is 0 Å². The van der Waals surface area contributed by atoms with Crippen LogP contribution in [0.15, 0.2) is 96.2 Å². The Balaban J connectivity index is 1.43. The molecule has 1 heterocycles. The van der Waals surface area contributed by atoms with Gasteiger partial charge < -0.3 is 15.0 Å². The first kappa shape index (κ1) is 29.1. The maximum absolute atomic E-state index is 13.3. The van der Waals surface area contributed by atoms with Gasteiger partial charge in [0.15, 0.2) is 5.16 Å². The summed E-state index contributed by atoms with van der Waals surface area (Å²) in [6.07, 6.45) is 1.03. The van der Waals surface area contributed by atoms with Crippen LogP contribution >= 0.6 is 11.8 Å². The molecule has 1 aromatic heterocycles. The average molecular weight is 578 g/mol. The first-order valence-corrected chi connectivity index (χ1v) is 15.2. The molecule has 0 spiro atoms. The van der Waals surface area contributed by atoms with Crippen molar-refractivity contribution < 1.29 is 14.7 Å². The van der Waals surface area contributed by atoms with Crippen LogP contribution in [0.1, 0.15) is 63.6 Å². The van der Waals surface area contributed by atoms with Crippen LogP contribution in [0.2, 0.25) is 0 Å². The molecule has 0 fully saturated rings. The molecule has 42 heavy (non-hydrogen) atoms. The molecule has 4 aromatic carbocycles. The van der Waals surface area contributed by atoms with Gasteiger partial charge in [-0.25, -0.2) is 9.78 Å². The van der Waals surface area contributed by atoms with Gasteiger partial charge in [-0.3, -0.25) is 4.79 Å². The second kappa shape index (κ2) is 13.1. The molecule has 2 N–H and O–H groups in total. The Morgan fingerprint density at radius 2 is 1.69 bits per heavy atom. The largest absolute Gasteiger partial charge is 0.478 e. The number of rotatable bonds is 11. The van der Waals surface area contributed by atoms with Gasteiger partial charge in [-0.2, -0.15) is 0 Å². The summed E-state index contributed by atoms with van der Waals surface area (Å²) in [5, 5.41) is 13.7. The van der Waals surface area contributed by atoms with Crippen molar-refractivity contribution in [2.75, 3.05) is 12.3 Å². The Hall–Kier alpha value is -4.36. The normalized spacial score (nSPS) is 11.9. The lowest BCUT2D eigenvalue weighted by Gasteiger charge is -2.14. The predicted octanol–water partition coefficient (Wildman–Crippen LogP) is 7.79. The number of aryl methyl sites for hydroxylation is 1. The molecule has 6 nitrogen and oxygen atoms in total. The first-order valence-electron chi connectivity index (χ1n) is 14.2. The van der Waals surface area contributed by atoms with Gasteiger partial charge in [0, 0.05) is 17.9 Å². The number of amides is 1. The van der Waals surface area contributed by atoms with Crippen molar-refractivity contribution in [3.05, 3.63) is 119 Å². The van der Waals surface area contributed by atoms with Crippen molar-refractivity contribution in [1.82, 2.24) is 14.9 Å². The van der Waals surface area contributed by atoms with E-state index in [1.165, 1.54) is 5.56 Å². The Morgan fingerprint density at radius 1 is 0.976 bits per heavy atom. The number of imidazole rings is 1. The SMILES string of the molecule is CCCSc1nc2c(C)cc(C(=O)NC[C@H](C)c3ccccc3)cc2n1Cc1ccc(-c2ccccc2C(=O)O)cc1. The van der Waals surface area contributed by atoms with Crippen LogP contribution in [-0.4, -0.2) is 38.8 Å². The number of aromatic carboxylic acids is 1. The zero-order chi connectivity index (χ0) is 29.6. The van der Waals surface area contributed by atoms with Crippen molar-refractivity contribution in [2.45, 2.75) is 44.8 Å². The van der Waals surface area contributed by atoms with Crippen LogP contribution < -0.4 is 5.32 Å². The number of nitrogens with one attached hydrogen (secondary N) is 1. The molecular weight excluding hydrogens is 542 g/mol. The van der Waals surface area contributed by atoms with E-state index < -0.39 is 5.97 Å². The third-order valence-electron chi connectivity index (χ3n) is 7.41. The fourth-order valence-corrected chi connectivity index (χ4v) is 5.96. The minimum atomic E-state index is -0.943. The fraction of sp³-hybridized carbons (Fsp3) is 0.229. The van der Waals surface area contributed by atoms with E-state index in [1.54, 1.807) is 23.9 Å². The molecule has 0 aliphatic carbocycles. The number of hydrogen-bond acceptors (Lipinski definition) is 4. The number of benzene rings is 4. The molecule has 214 valence electrons. The zero-order valence-electron chi connectivity index (χ0n) is 24.1. The smallest absolute Gasteiger partial charge is 0.336 e. The topological polar surface area (TPSA) is 84.2 Å². The molecule has 0 unspecified atom stereocenters. The summed E-state index contributed by atoms with van der Waals surface area (Å²) in [5.74, 6) is 0.104. The molecule has 0 saturated heterocycles. The highest BCUT2D eigenvalue weighted by molar-refractivity contribution is 7.99. The highest BCUT2D eigenvalue weighted by Gasteiger charge is 2.18. The Labute approximate surface area is 250 Å². The van der Waals surface area contributed by atoms with Gasteiger partial charge in [0.2, 0.25) is 0 Å². The van der Waals surface area contributed by atoms with E-state index in [2.05, 4.69) is 35.9 Å². The van der Waals surface area contributed by atoms with Gasteiger partial charge >= 0.3 is 5.97 Å². The van der Waals surface area contributed by atoms with Crippen LogP contribution in [0, 0.1) is 6.92 Å². The third-order valence-corrected chi connectivity index (χ3v) is 8.59. The van der Waals surface area contributed by atoms with Crippen LogP contribution in [0.25, 0.3) is 22.2 Å². The lowest BCUT2D eigenvalue weighted by atomic mass is 9.99. The number of carboxylic acid groups (broad SMARTS) is 1. The number of carbonyl (C=O) groups excluding carboxylic acids is 1. The fourth-order valence-electron chi connectivity index (χ4n) is 5.10. The molecule has 0 bridgehead atoms. The lowest BCUT2D eigenvalue weighted by Crippen LogP contribution is -2.27. The van der Waals surface area contributed by atoms with Gasteiger partial charge in [-0.15, -0.1) is 0 Å². The van der Waals surface area contributed by atoms with Gasteiger partial charge in [-0.05, 0) is 65.3 Å². The molecule has 0 aliphatic heterocycles. The predicted molar refractivity (Wildman–Crippen MR) is 171 cm³/mol. The summed E-state index contributed by atoms with van der Waals surface area (Å²) in [6.45, 7) is 7.40. The number of fused-ring (bicyclic) bond motifs is 1. The third kappa shape index (κ3) is 6.42. The van der Waals surface area contributed by atoms with Crippen LogP contribution in [0.3, 0.4) is 0 Å². The Kier molecular flexibility index (Phi) is 9.08. The second-order valence-corrected chi connectivity index (χ2v) is 11.6. The van der Waals surface area contributed by atoms with Crippen LogP contribution in [0.5, 0.6) is 0 Å². The van der Waals surface area contributed by atoms with E-state index >= 15 is 0 Å². The Morgan fingerprint density at radius 3 is 2.40 bits per heavy atom. The number of nitrogens with zero attached hydrogens (tertiary/aromatic N) is 2. The molecule has 1 amide bonds. The van der Waals surface area contributed by atoms with Gasteiger partial charge in [-0.1, -0.05) is 98.4 Å². The van der Waals surface area contributed by atoms with Crippen molar-refractivity contribution in [3.8, 4) is 11.1 Å². The van der Waals surface area contributed by atoms with E-state index in [0.29, 0.717) is 24.2 Å². The summed E-state index contributed by atoms with van der Waals surface area (Å²) in [5.41, 5.74) is 7.49. The van der Waals surface area contributed by atoms with E-state index in [9.17, 15) is 14.7 Å². The van der Waals surface area contributed by atoms with Gasteiger partial charge in [0.05, 0.1) is 23.1 Å². The number of carboxylic acids is 1. The van der Waals surface area contributed by atoms with Crippen LogP contribution in [-0.2, 0) is 6.54 Å². The number of hydrogen-bond donors (Lipinski definition) is 2. The minimum absolute atomic E-state index is 0.0975. The summed E-state index contributed by atoms with van der Waals surface area (Å²) in [6, 6.07) is 29.1. The molecular formula is C35H35N3O3S. The van der Waals surface area contributed by atoms with E-state index in [-0.39, 0.29) is 17.4 Å². The summed E-state index contributed by atoms with van der Waals surface area (Å²) >= 11 is 1.72. The summed E-state index contributed by atoms with van der Waals surface area (Å²) in [4.78, 5) is 30.0. The molecule has 5 rings (SSSR count). The van der Waals surface area contributed by atoms with E-state index in [4.69, 9.17) is 4.98 Å². The quantitative estimate of drug-likeness (QED) is 0.157. The maximum Gasteiger partial charge on any atom is 0.336 e. The average Bonchev–Trinajstić information content (AvgIpc) is 3.36. The highest BCUT2D eigenvalue weighted by Crippen LogP contribution is 2.30. The summed E-state index contributed by atoms with van der Waals surface area (Å²) in [7, 11) is 0. The van der Waals surface area contributed by atoms with E-state index in [1.807, 2.05) is 73.7 Å². The molecule has 5 aromatic rings. The van der Waals surface area contributed by atoms with Gasteiger partial charge in [0.25, 0.3) is 5.91 Å². The van der Waals surface area contributed by atoms with Gasteiger partial charge in [0.1, 0.15) is 0 Å². The molecule has 0 aliphatic rings. The van der Waals surface area contributed by atoms with E-state index in [0.717, 1.165) is 45.1 Å². The second-order valence-electron chi connectivity index (χ2n) is 10.6. The highest BCUT2D eigenvalue weighted by atomic mass is 32.2. The first-order chi connectivity index (χ1) is 20.4. The molecule has 0 saturated carbocycles. The number of thioether (sulfide) groups is 1. The van der Waals surface area contributed by atoms with Crippen molar-refractivity contribution in [3.63, 3.8) is 0 Å². The van der Waals surface area contributed by atoms with Crippen molar-refractivity contribution in [2.24, 2.45) is 0 Å². The van der Waals surface area contributed by atoms with Crippen molar-refractivity contribution >= 4 is 34.7 Å². The molecule has 1 atom stereocenters. The minimum Gasteiger partial charge on any atom is -0.478 e. The molecule has 0 radical (unpaired) electrons. The number of aromatic nitrogens is 2. The summed E-state index contributed by atoms with van der Waals surface area (Å²) < 4.78 is 2.19. The zero-order valence-corrected chi connectivity index (χ0v) is 24.9. The number of carbonyl (C=O) groups is 2. The van der Waals surface area contributed by atoms with Crippen LogP contribution in [0.4, 0.5) is 0 Å². The standard InChI is InChI=1S/C35H35N3O3S/c1-4-18-42-35-37-32-23(2)19-28(33(39)36-21-24(3)26-10-6-5-7-11-26)20-31(32)38(35)22-25-14-16-27(17-15-25)29-12-8-9-13-30(29)34(40)41/h5-17,19-20,24H,4,18,21-22H2,1-3H3,(H,36,39)(H,40,41)/t24-/m0/s1.